The topological polar surface area (TPSA) is 84.5 Å². The zero-order valence-electron chi connectivity index (χ0n) is 14.7. The number of carbonyl (C=O) groups excluding carboxylic acids is 1. The van der Waals surface area contributed by atoms with E-state index in [4.69, 9.17) is 4.74 Å². The van der Waals surface area contributed by atoms with Gasteiger partial charge in [-0.1, -0.05) is 0 Å². The first-order chi connectivity index (χ1) is 12.2. The number of hydrogen-bond acceptors (Lipinski definition) is 4. The van der Waals surface area contributed by atoms with Gasteiger partial charge in [-0.2, -0.15) is 0 Å². The SMILES string of the molecule is Cc1cc(S(=O)(=O)NC(C)C)ccc1OCC(=O)Nc1ccc(I)cc1. The molecule has 0 radical (unpaired) electrons. The van der Waals surface area contributed by atoms with E-state index in [1.165, 1.54) is 12.1 Å². The van der Waals surface area contributed by atoms with E-state index in [1.54, 1.807) is 26.8 Å². The van der Waals surface area contributed by atoms with Crippen LogP contribution < -0.4 is 14.8 Å². The Kier molecular flexibility index (Phi) is 7.01. The lowest BCUT2D eigenvalue weighted by Crippen LogP contribution is -2.30. The molecule has 0 atom stereocenters. The van der Waals surface area contributed by atoms with Crippen molar-refractivity contribution in [2.24, 2.45) is 0 Å². The molecule has 2 N–H and O–H groups in total. The van der Waals surface area contributed by atoms with Crippen molar-refractivity contribution in [3.8, 4) is 5.75 Å². The Morgan fingerprint density at radius 3 is 2.38 bits per heavy atom. The number of ether oxygens (including phenoxy) is 1. The van der Waals surface area contributed by atoms with Gasteiger partial charge in [-0.25, -0.2) is 13.1 Å². The molecule has 0 saturated carbocycles. The fourth-order valence-corrected chi connectivity index (χ4v) is 3.90. The lowest BCUT2D eigenvalue weighted by atomic mass is 10.2. The van der Waals surface area contributed by atoms with Gasteiger partial charge in [0.2, 0.25) is 10.0 Å². The number of amides is 1. The molecular weight excluding hydrogens is 467 g/mol. The van der Waals surface area contributed by atoms with Gasteiger partial charge >= 0.3 is 0 Å². The number of sulfonamides is 1. The number of hydrogen-bond donors (Lipinski definition) is 2. The van der Waals surface area contributed by atoms with Crippen molar-refractivity contribution in [2.75, 3.05) is 11.9 Å². The molecule has 0 aliphatic rings. The van der Waals surface area contributed by atoms with E-state index in [9.17, 15) is 13.2 Å². The van der Waals surface area contributed by atoms with Gasteiger partial charge in [0.15, 0.2) is 6.61 Å². The van der Waals surface area contributed by atoms with Crippen LogP contribution >= 0.6 is 22.6 Å². The summed E-state index contributed by atoms with van der Waals surface area (Å²) in [5.74, 6) is 0.176. The standard InChI is InChI=1S/C18H21IN2O4S/c1-12(2)21-26(23,24)16-8-9-17(13(3)10-16)25-11-18(22)20-15-6-4-14(19)5-7-15/h4-10,12,21H,11H2,1-3H3,(H,20,22). The third kappa shape index (κ3) is 5.96. The number of benzene rings is 2. The predicted octanol–water partition coefficient (Wildman–Crippen LogP) is 3.30. The van der Waals surface area contributed by atoms with Crippen molar-refractivity contribution in [3.05, 3.63) is 51.6 Å². The predicted molar refractivity (Wildman–Crippen MR) is 110 cm³/mol. The Balaban J connectivity index is 1.99. The molecule has 0 aliphatic carbocycles. The third-order valence-corrected chi connectivity index (χ3v) is 5.71. The van der Waals surface area contributed by atoms with Crippen LogP contribution in [-0.4, -0.2) is 27.0 Å². The summed E-state index contributed by atoms with van der Waals surface area (Å²) in [5, 5.41) is 2.74. The first-order valence-corrected chi connectivity index (χ1v) is 10.5. The number of anilines is 1. The van der Waals surface area contributed by atoms with Crippen LogP contribution in [0.5, 0.6) is 5.75 Å². The van der Waals surface area contributed by atoms with E-state index in [1.807, 2.05) is 24.3 Å². The van der Waals surface area contributed by atoms with Crippen molar-refractivity contribution in [2.45, 2.75) is 31.7 Å². The van der Waals surface area contributed by atoms with Gasteiger partial charge in [0.1, 0.15) is 5.75 Å². The molecule has 26 heavy (non-hydrogen) atoms. The molecule has 0 fully saturated rings. The number of carbonyl (C=O) groups is 1. The molecule has 2 rings (SSSR count). The summed E-state index contributed by atoms with van der Waals surface area (Å²) in [6.07, 6.45) is 0. The van der Waals surface area contributed by atoms with Gasteiger partial charge in [0.25, 0.3) is 5.91 Å². The smallest absolute Gasteiger partial charge is 0.262 e. The summed E-state index contributed by atoms with van der Waals surface area (Å²) in [6.45, 7) is 5.09. The quantitative estimate of drug-likeness (QED) is 0.586. The largest absolute Gasteiger partial charge is 0.483 e. The first kappa shape index (κ1) is 20.7. The number of halogens is 1. The van der Waals surface area contributed by atoms with E-state index in [0.717, 1.165) is 3.57 Å². The van der Waals surface area contributed by atoms with Crippen LogP contribution in [-0.2, 0) is 14.8 Å². The van der Waals surface area contributed by atoms with Gasteiger partial charge < -0.3 is 10.1 Å². The highest BCUT2D eigenvalue weighted by Gasteiger charge is 2.16. The normalized spacial score (nSPS) is 11.4. The molecule has 2 aromatic carbocycles. The van der Waals surface area contributed by atoms with Gasteiger partial charge in [0, 0.05) is 15.3 Å². The molecule has 0 bridgehead atoms. The second-order valence-electron chi connectivity index (χ2n) is 6.05. The second-order valence-corrected chi connectivity index (χ2v) is 9.01. The van der Waals surface area contributed by atoms with Crippen molar-refractivity contribution >= 4 is 44.2 Å². The molecular formula is C18H21IN2O4S. The van der Waals surface area contributed by atoms with Crippen LogP contribution in [0.15, 0.2) is 47.4 Å². The number of nitrogens with one attached hydrogen (secondary N) is 2. The monoisotopic (exact) mass is 488 g/mol. The highest BCUT2D eigenvalue weighted by molar-refractivity contribution is 14.1. The molecule has 0 unspecified atom stereocenters. The summed E-state index contributed by atoms with van der Waals surface area (Å²) >= 11 is 2.19. The minimum atomic E-state index is -3.56. The zero-order chi connectivity index (χ0) is 19.3. The molecule has 0 saturated heterocycles. The molecule has 1 amide bonds. The minimum Gasteiger partial charge on any atom is -0.483 e. The van der Waals surface area contributed by atoms with Crippen LogP contribution in [0.2, 0.25) is 0 Å². The van der Waals surface area contributed by atoms with Crippen LogP contribution in [0.1, 0.15) is 19.4 Å². The van der Waals surface area contributed by atoms with Crippen molar-refractivity contribution < 1.29 is 17.9 Å². The maximum absolute atomic E-state index is 12.2. The summed E-state index contributed by atoms with van der Waals surface area (Å²) < 4.78 is 33.5. The Bertz CT molecular complexity index is 881. The molecule has 2 aromatic rings. The van der Waals surface area contributed by atoms with Crippen molar-refractivity contribution in [1.29, 1.82) is 0 Å². The molecule has 8 heteroatoms. The van der Waals surface area contributed by atoms with Gasteiger partial charge in [-0.05, 0) is 91.4 Å². The third-order valence-electron chi connectivity index (χ3n) is 3.33. The highest BCUT2D eigenvalue weighted by Crippen LogP contribution is 2.22. The molecule has 6 nitrogen and oxygen atoms in total. The molecule has 0 aliphatic heterocycles. The summed E-state index contributed by atoms with van der Waals surface area (Å²) in [7, 11) is -3.56. The lowest BCUT2D eigenvalue weighted by Gasteiger charge is -2.13. The average molecular weight is 488 g/mol. The molecule has 0 spiro atoms. The second kappa shape index (κ2) is 8.83. The average Bonchev–Trinajstić information content (AvgIpc) is 2.54. The van der Waals surface area contributed by atoms with E-state index < -0.39 is 10.0 Å². The van der Waals surface area contributed by atoms with Gasteiger partial charge in [0.05, 0.1) is 4.90 Å². The molecule has 140 valence electrons. The first-order valence-electron chi connectivity index (χ1n) is 7.98. The number of rotatable bonds is 7. The fourth-order valence-electron chi connectivity index (χ4n) is 2.20. The zero-order valence-corrected chi connectivity index (χ0v) is 17.7. The van der Waals surface area contributed by atoms with E-state index >= 15 is 0 Å². The Morgan fingerprint density at radius 2 is 1.81 bits per heavy atom. The highest BCUT2D eigenvalue weighted by atomic mass is 127. The van der Waals surface area contributed by atoms with Crippen LogP contribution in [0.25, 0.3) is 0 Å². The Hall–Kier alpha value is -1.65. The Labute approximate surface area is 167 Å². The Morgan fingerprint density at radius 1 is 1.15 bits per heavy atom. The van der Waals surface area contributed by atoms with E-state index in [-0.39, 0.29) is 23.5 Å². The van der Waals surface area contributed by atoms with Crippen LogP contribution in [0, 0.1) is 10.5 Å². The lowest BCUT2D eigenvalue weighted by molar-refractivity contribution is -0.118. The minimum absolute atomic E-state index is 0.164. The maximum Gasteiger partial charge on any atom is 0.262 e. The maximum atomic E-state index is 12.2. The number of aryl methyl sites for hydroxylation is 1. The molecule has 0 heterocycles. The van der Waals surface area contributed by atoms with Crippen molar-refractivity contribution in [1.82, 2.24) is 4.72 Å². The fraction of sp³-hybridized carbons (Fsp3) is 0.278. The summed E-state index contributed by atoms with van der Waals surface area (Å²) in [5.41, 5.74) is 1.33. The summed E-state index contributed by atoms with van der Waals surface area (Å²) in [6, 6.07) is 11.8. The molecule has 0 aromatic heterocycles. The van der Waals surface area contributed by atoms with E-state index in [2.05, 4.69) is 32.6 Å². The van der Waals surface area contributed by atoms with Gasteiger partial charge in [-0.15, -0.1) is 0 Å². The van der Waals surface area contributed by atoms with Crippen molar-refractivity contribution in [3.63, 3.8) is 0 Å². The van der Waals surface area contributed by atoms with Crippen LogP contribution in [0.4, 0.5) is 5.69 Å². The van der Waals surface area contributed by atoms with E-state index in [0.29, 0.717) is 17.0 Å². The summed E-state index contributed by atoms with van der Waals surface area (Å²) in [4.78, 5) is 12.2. The van der Waals surface area contributed by atoms with Gasteiger partial charge in [-0.3, -0.25) is 4.79 Å². The van der Waals surface area contributed by atoms with Crippen LogP contribution in [0.3, 0.4) is 0 Å².